The molecule has 2 fully saturated rings. The van der Waals surface area contributed by atoms with E-state index in [4.69, 9.17) is 0 Å². The summed E-state index contributed by atoms with van der Waals surface area (Å²) in [6.07, 6.45) is 6.41. The van der Waals surface area contributed by atoms with Crippen LogP contribution in [0.25, 0.3) is 0 Å². The summed E-state index contributed by atoms with van der Waals surface area (Å²) in [5, 5.41) is 12.8. The van der Waals surface area contributed by atoms with Crippen molar-refractivity contribution in [2.75, 3.05) is 25.0 Å². The molecule has 4 heterocycles. The van der Waals surface area contributed by atoms with Crippen molar-refractivity contribution in [3.63, 3.8) is 0 Å². The van der Waals surface area contributed by atoms with Crippen LogP contribution < -0.4 is 4.90 Å². The van der Waals surface area contributed by atoms with Gasteiger partial charge in [-0.25, -0.2) is 0 Å². The molecule has 7 nitrogen and oxygen atoms in total. The SMILES string of the molecule is Cc1ccc(N2CCC3(CC2)[C@@H](c2cnn(C)c2)CC(=O)N3C)nn1. The average Bonchev–Trinajstić information content (AvgIpc) is 3.14. The van der Waals surface area contributed by atoms with Crippen LogP contribution in [-0.4, -0.2) is 56.5 Å². The van der Waals surface area contributed by atoms with Crippen LogP contribution in [0.15, 0.2) is 24.5 Å². The minimum atomic E-state index is -0.116. The van der Waals surface area contributed by atoms with E-state index in [1.54, 1.807) is 0 Å². The van der Waals surface area contributed by atoms with Gasteiger partial charge in [-0.2, -0.15) is 10.2 Å². The molecule has 2 aliphatic heterocycles. The van der Waals surface area contributed by atoms with Crippen molar-refractivity contribution in [3.8, 4) is 0 Å². The predicted octanol–water partition coefficient (Wildman–Crippen LogP) is 1.50. The normalized spacial score (nSPS) is 22.8. The Morgan fingerprint density at radius 3 is 2.52 bits per heavy atom. The van der Waals surface area contributed by atoms with Gasteiger partial charge in [0, 0.05) is 45.7 Å². The monoisotopic (exact) mass is 340 g/mol. The molecule has 2 aromatic heterocycles. The van der Waals surface area contributed by atoms with Crippen molar-refractivity contribution in [2.24, 2.45) is 7.05 Å². The van der Waals surface area contributed by atoms with Crippen molar-refractivity contribution in [1.29, 1.82) is 0 Å². The summed E-state index contributed by atoms with van der Waals surface area (Å²) < 4.78 is 1.82. The number of hydrogen-bond acceptors (Lipinski definition) is 5. The molecule has 2 aliphatic rings. The lowest BCUT2D eigenvalue weighted by atomic mass is 9.74. The van der Waals surface area contributed by atoms with E-state index in [9.17, 15) is 4.79 Å². The fourth-order valence-corrected chi connectivity index (χ4v) is 4.40. The predicted molar refractivity (Wildman–Crippen MR) is 94.3 cm³/mol. The van der Waals surface area contributed by atoms with Crippen LogP contribution in [0.4, 0.5) is 5.82 Å². The highest BCUT2D eigenvalue weighted by Gasteiger charge is 2.53. The van der Waals surface area contributed by atoms with E-state index in [0.717, 1.165) is 37.4 Å². The molecule has 1 spiro atoms. The van der Waals surface area contributed by atoms with Crippen LogP contribution in [-0.2, 0) is 11.8 Å². The molecule has 0 aliphatic carbocycles. The third-order valence-corrected chi connectivity index (χ3v) is 5.93. The lowest BCUT2D eigenvalue weighted by Crippen LogP contribution is -2.54. The second-order valence-electron chi connectivity index (χ2n) is 7.28. The summed E-state index contributed by atoms with van der Waals surface area (Å²) in [5.74, 6) is 1.37. The minimum absolute atomic E-state index is 0.116. The molecule has 0 bridgehead atoms. The molecule has 2 saturated heterocycles. The molecule has 0 N–H and O–H groups in total. The van der Waals surface area contributed by atoms with Gasteiger partial charge < -0.3 is 9.80 Å². The van der Waals surface area contributed by atoms with Crippen molar-refractivity contribution in [1.82, 2.24) is 24.9 Å². The maximum absolute atomic E-state index is 12.5. The van der Waals surface area contributed by atoms with Crippen LogP contribution in [0, 0.1) is 6.92 Å². The summed E-state index contributed by atoms with van der Waals surface area (Å²) >= 11 is 0. The van der Waals surface area contributed by atoms with Crippen LogP contribution in [0.1, 0.15) is 36.4 Å². The average molecular weight is 340 g/mol. The second kappa shape index (κ2) is 5.82. The number of aromatic nitrogens is 4. The van der Waals surface area contributed by atoms with Gasteiger partial charge in [0.05, 0.1) is 17.4 Å². The van der Waals surface area contributed by atoms with E-state index >= 15 is 0 Å². The van der Waals surface area contributed by atoms with E-state index in [-0.39, 0.29) is 17.4 Å². The quantitative estimate of drug-likeness (QED) is 0.829. The largest absolute Gasteiger partial charge is 0.355 e. The van der Waals surface area contributed by atoms with Gasteiger partial charge in [0.25, 0.3) is 0 Å². The second-order valence-corrected chi connectivity index (χ2v) is 7.28. The maximum atomic E-state index is 12.5. The fourth-order valence-electron chi connectivity index (χ4n) is 4.40. The number of likely N-dealkylation sites (tertiary alicyclic amines) is 1. The first-order chi connectivity index (χ1) is 12.0. The maximum Gasteiger partial charge on any atom is 0.223 e. The van der Waals surface area contributed by atoms with E-state index in [1.165, 1.54) is 5.56 Å². The number of likely N-dealkylation sites (N-methyl/N-ethyl adjacent to an activating group) is 1. The third kappa shape index (κ3) is 2.58. The molecule has 0 unspecified atom stereocenters. The number of rotatable bonds is 2. The first-order valence-corrected chi connectivity index (χ1v) is 8.80. The Bertz CT molecular complexity index is 775. The number of piperidine rings is 1. The molecule has 1 atom stereocenters. The Morgan fingerprint density at radius 2 is 1.92 bits per heavy atom. The van der Waals surface area contributed by atoms with Crippen LogP contribution in [0.3, 0.4) is 0 Å². The van der Waals surface area contributed by atoms with Crippen LogP contribution in [0.2, 0.25) is 0 Å². The molecule has 1 amide bonds. The molecule has 25 heavy (non-hydrogen) atoms. The van der Waals surface area contributed by atoms with Gasteiger partial charge in [0.15, 0.2) is 5.82 Å². The molecular weight excluding hydrogens is 316 g/mol. The zero-order valence-electron chi connectivity index (χ0n) is 15.0. The topological polar surface area (TPSA) is 67.2 Å². The minimum Gasteiger partial charge on any atom is -0.355 e. The van der Waals surface area contributed by atoms with Crippen molar-refractivity contribution < 1.29 is 4.79 Å². The Kier molecular flexibility index (Phi) is 3.74. The molecule has 2 aromatic rings. The van der Waals surface area contributed by atoms with Crippen molar-refractivity contribution in [2.45, 2.75) is 37.6 Å². The number of carbonyl (C=O) groups excluding carboxylic acids is 1. The van der Waals surface area contributed by atoms with Crippen molar-refractivity contribution in [3.05, 3.63) is 35.8 Å². The number of hydrogen-bond donors (Lipinski definition) is 0. The lowest BCUT2D eigenvalue weighted by Gasteiger charge is -2.46. The van der Waals surface area contributed by atoms with Gasteiger partial charge in [0.2, 0.25) is 5.91 Å². The highest BCUT2D eigenvalue weighted by Crippen LogP contribution is 2.48. The van der Waals surface area contributed by atoms with Gasteiger partial charge in [-0.15, -0.1) is 5.10 Å². The molecule has 132 valence electrons. The zero-order valence-corrected chi connectivity index (χ0v) is 15.0. The zero-order chi connectivity index (χ0) is 17.6. The van der Waals surface area contributed by atoms with Gasteiger partial charge >= 0.3 is 0 Å². The van der Waals surface area contributed by atoms with Gasteiger partial charge in [-0.3, -0.25) is 9.48 Å². The molecule has 0 aromatic carbocycles. The third-order valence-electron chi connectivity index (χ3n) is 5.93. The Balaban J connectivity index is 1.58. The summed E-state index contributed by atoms with van der Waals surface area (Å²) in [6.45, 7) is 3.71. The standard InChI is InChI=1S/C18H24N6O/c1-13-4-5-16(21-20-13)24-8-6-18(7-9-24)15(10-17(25)23(18)3)14-11-19-22(2)12-14/h4-5,11-12,15H,6-10H2,1-3H3/t15-/m1/s1. The number of nitrogens with zero attached hydrogens (tertiary/aromatic N) is 6. The van der Waals surface area contributed by atoms with E-state index in [0.29, 0.717) is 6.42 Å². The van der Waals surface area contributed by atoms with E-state index in [2.05, 4.69) is 26.4 Å². The van der Waals surface area contributed by atoms with Crippen LogP contribution in [0.5, 0.6) is 0 Å². The number of amides is 1. The first kappa shape index (κ1) is 16.1. The molecular formula is C18H24N6O. The molecule has 7 heteroatoms. The van der Waals surface area contributed by atoms with Crippen LogP contribution >= 0.6 is 0 Å². The van der Waals surface area contributed by atoms with Gasteiger partial charge in [-0.05, 0) is 37.5 Å². The highest BCUT2D eigenvalue weighted by atomic mass is 16.2. The highest BCUT2D eigenvalue weighted by molar-refractivity contribution is 5.81. The lowest BCUT2D eigenvalue weighted by molar-refractivity contribution is -0.130. The Labute approximate surface area is 147 Å². The first-order valence-electron chi connectivity index (χ1n) is 8.80. The number of anilines is 1. The van der Waals surface area contributed by atoms with Gasteiger partial charge in [-0.1, -0.05) is 0 Å². The number of carbonyl (C=O) groups is 1. The Hall–Kier alpha value is -2.44. The smallest absolute Gasteiger partial charge is 0.223 e. The number of aryl methyl sites for hydroxylation is 2. The summed E-state index contributed by atoms with van der Waals surface area (Å²) in [5.41, 5.74) is 1.98. The Morgan fingerprint density at radius 1 is 1.16 bits per heavy atom. The van der Waals surface area contributed by atoms with Gasteiger partial charge in [0.1, 0.15) is 0 Å². The fraction of sp³-hybridized carbons (Fsp3) is 0.556. The molecule has 0 radical (unpaired) electrons. The molecule has 0 saturated carbocycles. The van der Waals surface area contributed by atoms with E-state index in [1.807, 2.05) is 48.9 Å². The summed E-state index contributed by atoms with van der Waals surface area (Å²) in [4.78, 5) is 16.8. The van der Waals surface area contributed by atoms with Crippen molar-refractivity contribution >= 4 is 11.7 Å². The summed E-state index contributed by atoms with van der Waals surface area (Å²) in [7, 11) is 3.88. The van der Waals surface area contributed by atoms with E-state index < -0.39 is 0 Å². The molecule has 4 rings (SSSR count). The summed E-state index contributed by atoms with van der Waals surface area (Å²) in [6, 6.07) is 4.03.